The van der Waals surface area contributed by atoms with Gasteiger partial charge in [-0.2, -0.15) is 5.10 Å². The highest BCUT2D eigenvalue weighted by Crippen LogP contribution is 2.46. The molecule has 4 heterocycles. The van der Waals surface area contributed by atoms with Crippen molar-refractivity contribution in [3.63, 3.8) is 0 Å². The number of aromatic nitrogens is 4. The Bertz CT molecular complexity index is 2450. The van der Waals surface area contributed by atoms with E-state index in [0.29, 0.717) is 53.3 Å². The number of aromatic carboxylic acids is 1. The molecule has 1 atom stereocenters. The van der Waals surface area contributed by atoms with E-state index in [1.54, 1.807) is 15.5 Å². The molecule has 7 rings (SSSR count). The molecule has 1 amide bonds. The highest BCUT2D eigenvalue weighted by molar-refractivity contribution is 6.35. The van der Waals surface area contributed by atoms with Gasteiger partial charge in [0.25, 0.3) is 5.91 Å². The van der Waals surface area contributed by atoms with Crippen LogP contribution < -0.4 is 9.64 Å². The van der Waals surface area contributed by atoms with E-state index in [1.165, 1.54) is 0 Å². The Labute approximate surface area is 318 Å². The molecule has 1 aliphatic rings. The highest BCUT2D eigenvalue weighted by Gasteiger charge is 2.38. The SMILES string of the molecule is Cc1cc(N2C[C@@H](C)n3c(c(CCCOc4cc(C)c(Cl)c(C)c4)c4ccc(Cl)c(-c5c(C)nn(C)c5C)c43)C2=O)c2c(c1)cc(C(=O)O)n2CCO. The van der Waals surface area contributed by atoms with Crippen LogP contribution in [0.5, 0.6) is 5.75 Å². The van der Waals surface area contributed by atoms with E-state index in [0.717, 1.165) is 66.4 Å². The molecule has 0 radical (unpaired) electrons. The van der Waals surface area contributed by atoms with E-state index in [-0.39, 0.29) is 30.8 Å². The fourth-order valence-electron chi connectivity index (χ4n) is 8.19. The molecule has 2 N–H and O–H groups in total. The number of nitrogens with zero attached hydrogens (tertiary/aromatic N) is 5. The average Bonchev–Trinajstić information content (AvgIpc) is 3.72. The van der Waals surface area contributed by atoms with Crippen LogP contribution in [0.15, 0.2) is 42.5 Å². The molecule has 3 aromatic heterocycles. The fraction of sp³-hybridized carbons (Fsp3) is 0.341. The number of rotatable bonds is 10. The lowest BCUT2D eigenvalue weighted by Crippen LogP contribution is -2.43. The van der Waals surface area contributed by atoms with Crippen LogP contribution in [0.4, 0.5) is 5.69 Å². The van der Waals surface area contributed by atoms with Crippen molar-refractivity contribution in [2.24, 2.45) is 7.05 Å². The van der Waals surface area contributed by atoms with Gasteiger partial charge in [-0.15, -0.1) is 0 Å². The molecule has 0 spiro atoms. The largest absolute Gasteiger partial charge is 0.494 e. The Morgan fingerprint density at radius 1 is 1.00 bits per heavy atom. The molecule has 10 nitrogen and oxygen atoms in total. The minimum Gasteiger partial charge on any atom is -0.494 e. The first-order valence-corrected chi connectivity index (χ1v) is 18.5. The van der Waals surface area contributed by atoms with Crippen molar-refractivity contribution in [1.29, 1.82) is 0 Å². The summed E-state index contributed by atoms with van der Waals surface area (Å²) in [4.78, 5) is 29.3. The molecule has 0 fully saturated rings. The van der Waals surface area contributed by atoms with Gasteiger partial charge in [-0.25, -0.2) is 4.79 Å². The van der Waals surface area contributed by atoms with E-state index >= 15 is 4.79 Å². The quantitative estimate of drug-likeness (QED) is 0.135. The predicted octanol–water partition coefficient (Wildman–Crippen LogP) is 8.77. The van der Waals surface area contributed by atoms with Crippen LogP contribution in [-0.4, -0.2) is 60.8 Å². The monoisotopic (exact) mass is 755 g/mol. The minimum absolute atomic E-state index is 0.0563. The molecule has 0 saturated heterocycles. The van der Waals surface area contributed by atoms with Crippen LogP contribution in [0.25, 0.3) is 32.9 Å². The van der Waals surface area contributed by atoms with Gasteiger partial charge in [0.15, 0.2) is 0 Å². The van der Waals surface area contributed by atoms with Crippen LogP contribution in [0, 0.1) is 34.6 Å². The number of ether oxygens (including phenoxy) is 1. The maximum Gasteiger partial charge on any atom is 0.352 e. The van der Waals surface area contributed by atoms with Gasteiger partial charge < -0.3 is 29.0 Å². The van der Waals surface area contributed by atoms with E-state index in [2.05, 4.69) is 11.5 Å². The van der Waals surface area contributed by atoms with Crippen molar-refractivity contribution in [2.75, 3.05) is 24.7 Å². The van der Waals surface area contributed by atoms with Gasteiger partial charge in [-0.1, -0.05) is 29.3 Å². The maximum absolute atomic E-state index is 15.2. The van der Waals surface area contributed by atoms with E-state index < -0.39 is 5.97 Å². The zero-order valence-corrected chi connectivity index (χ0v) is 32.5. The van der Waals surface area contributed by atoms with Crippen LogP contribution in [0.3, 0.4) is 0 Å². The van der Waals surface area contributed by atoms with Gasteiger partial charge >= 0.3 is 5.97 Å². The van der Waals surface area contributed by atoms with E-state index in [9.17, 15) is 15.0 Å². The van der Waals surface area contributed by atoms with Gasteiger partial charge in [-0.05, 0) is 113 Å². The Morgan fingerprint density at radius 2 is 1.72 bits per heavy atom. The molecule has 276 valence electrons. The third-order valence-corrected chi connectivity index (χ3v) is 11.4. The van der Waals surface area contributed by atoms with Crippen LogP contribution in [-0.2, 0) is 20.0 Å². The van der Waals surface area contributed by atoms with E-state index in [4.69, 9.17) is 33.0 Å². The highest BCUT2D eigenvalue weighted by atomic mass is 35.5. The van der Waals surface area contributed by atoms with Gasteiger partial charge in [0.2, 0.25) is 0 Å². The Morgan fingerprint density at radius 3 is 2.36 bits per heavy atom. The number of hydrogen-bond acceptors (Lipinski definition) is 5. The van der Waals surface area contributed by atoms with E-state index in [1.807, 2.05) is 82.7 Å². The molecule has 1 aliphatic heterocycles. The number of aliphatic hydroxyl groups is 1. The molecule has 0 unspecified atom stereocenters. The summed E-state index contributed by atoms with van der Waals surface area (Å²) < 4.78 is 11.8. The Kier molecular flexibility index (Phi) is 9.59. The first-order valence-electron chi connectivity index (χ1n) is 17.8. The van der Waals surface area contributed by atoms with Crippen molar-refractivity contribution in [3.05, 3.63) is 97.5 Å². The standard InChI is InChI=1S/C41H43Cl2N5O5/c1-21-15-27-19-33(41(51)52)46(12-13-49)37(27)32(16-21)47-20-24(4)48-38-30(10-11-31(42)35(38)34-25(5)44-45(7)26(34)6)29(39(48)40(47)50)9-8-14-53-28-17-22(2)36(43)23(3)18-28/h10-11,15-19,24,49H,8-9,12-14,20H2,1-7H3,(H,51,52)/t24-/m1/s1. The average molecular weight is 757 g/mol. The Balaban J connectivity index is 1.41. The van der Waals surface area contributed by atoms with Crippen LogP contribution in [0.2, 0.25) is 10.0 Å². The minimum atomic E-state index is -1.10. The number of fused-ring (bicyclic) bond motifs is 4. The van der Waals surface area contributed by atoms with Crippen LogP contribution >= 0.6 is 23.2 Å². The summed E-state index contributed by atoms with van der Waals surface area (Å²) in [5.74, 6) is -0.548. The summed E-state index contributed by atoms with van der Waals surface area (Å²) in [7, 11) is 1.91. The second-order valence-corrected chi connectivity index (χ2v) is 15.0. The van der Waals surface area contributed by atoms with Crippen molar-refractivity contribution >= 4 is 62.6 Å². The van der Waals surface area contributed by atoms with Gasteiger partial charge in [-0.3, -0.25) is 9.48 Å². The van der Waals surface area contributed by atoms with Crippen molar-refractivity contribution in [1.82, 2.24) is 18.9 Å². The van der Waals surface area contributed by atoms with Crippen molar-refractivity contribution in [2.45, 2.75) is 67.0 Å². The maximum atomic E-state index is 15.2. The first kappa shape index (κ1) is 36.6. The zero-order valence-electron chi connectivity index (χ0n) is 31.0. The third-order valence-electron chi connectivity index (χ3n) is 10.5. The lowest BCUT2D eigenvalue weighted by atomic mass is 9.98. The number of amides is 1. The summed E-state index contributed by atoms with van der Waals surface area (Å²) in [5, 5.41) is 27.7. The zero-order chi connectivity index (χ0) is 38.0. The molecular weight excluding hydrogens is 713 g/mol. The third kappa shape index (κ3) is 6.06. The molecule has 12 heteroatoms. The van der Waals surface area contributed by atoms with Crippen molar-refractivity contribution in [3.8, 4) is 16.9 Å². The number of carboxylic acids is 1. The predicted molar refractivity (Wildman–Crippen MR) is 210 cm³/mol. The summed E-state index contributed by atoms with van der Waals surface area (Å²) >= 11 is 13.5. The van der Waals surface area contributed by atoms with Crippen LogP contribution in [0.1, 0.15) is 74.0 Å². The molecule has 53 heavy (non-hydrogen) atoms. The Hall–Kier alpha value is -4.77. The number of hydrogen-bond donors (Lipinski definition) is 2. The van der Waals surface area contributed by atoms with Gasteiger partial charge in [0.05, 0.1) is 40.7 Å². The lowest BCUT2D eigenvalue weighted by Gasteiger charge is -2.35. The molecule has 0 aliphatic carbocycles. The summed E-state index contributed by atoms with van der Waals surface area (Å²) in [6.07, 6.45) is 1.18. The second kappa shape index (κ2) is 13.9. The first-order chi connectivity index (χ1) is 25.2. The fourth-order valence-corrected chi connectivity index (χ4v) is 8.55. The number of anilines is 1. The molecule has 0 saturated carbocycles. The number of benzene rings is 3. The number of carboxylic acid groups (broad SMARTS) is 1. The summed E-state index contributed by atoms with van der Waals surface area (Å²) in [6.45, 7) is 12.5. The lowest BCUT2D eigenvalue weighted by molar-refractivity contribution is 0.0684. The number of halogens is 2. The number of aryl methyl sites for hydroxylation is 6. The van der Waals surface area contributed by atoms with Crippen molar-refractivity contribution < 1.29 is 24.5 Å². The molecule has 0 bridgehead atoms. The smallest absolute Gasteiger partial charge is 0.352 e. The number of carbonyl (C=O) groups excluding carboxylic acids is 1. The molecule has 6 aromatic rings. The molecular formula is C41H43Cl2N5O5. The summed E-state index contributed by atoms with van der Waals surface area (Å²) in [6, 6.07) is 13.0. The topological polar surface area (TPSA) is 115 Å². The van der Waals surface area contributed by atoms with Gasteiger partial charge in [0.1, 0.15) is 17.1 Å². The van der Waals surface area contributed by atoms with Gasteiger partial charge in [0, 0.05) is 58.8 Å². The second-order valence-electron chi connectivity index (χ2n) is 14.2. The number of carbonyl (C=O) groups is 2. The normalized spacial score (nSPS) is 14.5. The molecule has 3 aromatic carbocycles. The summed E-state index contributed by atoms with van der Waals surface area (Å²) in [5.41, 5.74) is 9.99. The number of aliphatic hydroxyl groups excluding tert-OH is 1.